The Hall–Kier alpha value is -3.95. The van der Waals surface area contributed by atoms with Crippen molar-refractivity contribution in [1.82, 2.24) is 14.6 Å². The summed E-state index contributed by atoms with van der Waals surface area (Å²) in [6.45, 7) is 5.83. The van der Waals surface area contributed by atoms with E-state index >= 15 is 0 Å². The number of hydrogen-bond acceptors (Lipinski definition) is 5. The SMILES string of the molecule is COn1c(N[CH-]c2ccc(C(F)(F)F)cc2)nc2c(c1=O)CN(C(=O)c1ccc(C)c(C)c1)CC2. The van der Waals surface area contributed by atoms with E-state index in [2.05, 4.69) is 10.3 Å². The monoisotopic (exact) mass is 485 g/mol. The van der Waals surface area contributed by atoms with Crippen LogP contribution >= 0.6 is 0 Å². The maximum atomic E-state index is 13.1. The van der Waals surface area contributed by atoms with E-state index in [4.69, 9.17) is 4.84 Å². The summed E-state index contributed by atoms with van der Waals surface area (Å²) >= 11 is 0. The van der Waals surface area contributed by atoms with Gasteiger partial charge in [0.05, 0.1) is 17.8 Å². The fraction of sp³-hybridized carbons (Fsp3) is 0.280. The number of benzene rings is 2. The van der Waals surface area contributed by atoms with E-state index in [1.807, 2.05) is 26.0 Å². The maximum Gasteiger partial charge on any atom is 0.414 e. The molecule has 184 valence electrons. The predicted molar refractivity (Wildman–Crippen MR) is 124 cm³/mol. The van der Waals surface area contributed by atoms with Crippen molar-refractivity contribution in [2.45, 2.75) is 33.0 Å². The van der Waals surface area contributed by atoms with Gasteiger partial charge in [0.25, 0.3) is 11.5 Å². The minimum Gasteiger partial charge on any atom is -0.411 e. The van der Waals surface area contributed by atoms with E-state index in [1.54, 1.807) is 11.0 Å². The van der Waals surface area contributed by atoms with Gasteiger partial charge in [-0.1, -0.05) is 12.6 Å². The number of halogens is 3. The summed E-state index contributed by atoms with van der Waals surface area (Å²) in [5.74, 6) is -0.0787. The normalized spacial score (nSPS) is 13.3. The number of aromatic nitrogens is 2. The molecule has 2 aromatic carbocycles. The second-order valence-corrected chi connectivity index (χ2v) is 8.33. The molecule has 0 fully saturated rings. The van der Waals surface area contributed by atoms with Crippen LogP contribution in [0.4, 0.5) is 19.1 Å². The third kappa shape index (κ3) is 4.96. The fourth-order valence-electron chi connectivity index (χ4n) is 3.87. The topological polar surface area (TPSA) is 76.5 Å². The third-order valence-electron chi connectivity index (χ3n) is 6.02. The predicted octanol–water partition coefficient (Wildman–Crippen LogP) is 3.76. The number of fused-ring (bicyclic) bond motifs is 1. The number of nitrogens with one attached hydrogen (secondary N) is 1. The van der Waals surface area contributed by atoms with E-state index in [0.717, 1.165) is 28.0 Å². The molecule has 0 radical (unpaired) electrons. The van der Waals surface area contributed by atoms with Crippen molar-refractivity contribution in [2.75, 3.05) is 19.0 Å². The fourth-order valence-corrected chi connectivity index (χ4v) is 3.87. The average Bonchev–Trinajstić information content (AvgIpc) is 2.83. The summed E-state index contributed by atoms with van der Waals surface area (Å²) in [6, 6.07) is 10.1. The van der Waals surface area contributed by atoms with Gasteiger partial charge in [-0.15, -0.1) is 16.9 Å². The number of alkyl halides is 3. The molecule has 10 heteroatoms. The molecule has 2 heterocycles. The van der Waals surface area contributed by atoms with Crippen molar-refractivity contribution in [3.05, 3.63) is 98.4 Å². The summed E-state index contributed by atoms with van der Waals surface area (Å²) in [6.07, 6.45) is -4.04. The van der Waals surface area contributed by atoms with E-state index in [0.29, 0.717) is 35.3 Å². The van der Waals surface area contributed by atoms with Crippen LogP contribution in [0.15, 0.2) is 47.3 Å². The highest BCUT2D eigenvalue weighted by Gasteiger charge is 2.29. The van der Waals surface area contributed by atoms with Gasteiger partial charge in [0.1, 0.15) is 7.11 Å². The quantitative estimate of drug-likeness (QED) is 0.557. The Morgan fingerprint density at radius 1 is 1.11 bits per heavy atom. The number of carbonyl (C=O) groups is 1. The second kappa shape index (κ2) is 9.36. The largest absolute Gasteiger partial charge is 0.414 e. The Kier molecular flexibility index (Phi) is 6.47. The lowest BCUT2D eigenvalue weighted by Crippen LogP contribution is -2.42. The zero-order chi connectivity index (χ0) is 25.3. The van der Waals surface area contributed by atoms with Gasteiger partial charge in [-0.3, -0.25) is 9.59 Å². The molecule has 0 saturated heterocycles. The van der Waals surface area contributed by atoms with Crippen molar-refractivity contribution in [2.24, 2.45) is 0 Å². The van der Waals surface area contributed by atoms with Gasteiger partial charge in [0.2, 0.25) is 5.95 Å². The molecule has 1 aliphatic rings. The zero-order valence-corrected chi connectivity index (χ0v) is 19.4. The van der Waals surface area contributed by atoms with E-state index in [-0.39, 0.29) is 18.4 Å². The number of carbonyl (C=O) groups excluding carboxylic acids is 1. The first-order valence-corrected chi connectivity index (χ1v) is 10.9. The van der Waals surface area contributed by atoms with Gasteiger partial charge < -0.3 is 15.1 Å². The molecule has 4 rings (SSSR count). The van der Waals surface area contributed by atoms with Crippen molar-refractivity contribution < 1.29 is 22.8 Å². The Labute approximate surface area is 200 Å². The molecule has 35 heavy (non-hydrogen) atoms. The lowest BCUT2D eigenvalue weighted by Gasteiger charge is -2.29. The Morgan fingerprint density at radius 2 is 1.83 bits per heavy atom. The summed E-state index contributed by atoms with van der Waals surface area (Å²) in [4.78, 5) is 37.5. The van der Waals surface area contributed by atoms with Gasteiger partial charge >= 0.3 is 6.18 Å². The van der Waals surface area contributed by atoms with Crippen LogP contribution in [-0.4, -0.2) is 34.2 Å². The summed E-state index contributed by atoms with van der Waals surface area (Å²) < 4.78 is 39.3. The molecule has 1 aromatic heterocycles. The number of nitrogens with zero attached hydrogens (tertiary/aromatic N) is 3. The van der Waals surface area contributed by atoms with Gasteiger partial charge in [-0.2, -0.15) is 30.9 Å². The maximum absolute atomic E-state index is 13.1. The van der Waals surface area contributed by atoms with Gasteiger partial charge in [-0.05, 0) is 37.1 Å². The highest BCUT2D eigenvalue weighted by molar-refractivity contribution is 5.94. The van der Waals surface area contributed by atoms with Crippen LogP contribution in [0.2, 0.25) is 0 Å². The molecule has 0 aliphatic carbocycles. The Balaban J connectivity index is 1.53. The van der Waals surface area contributed by atoms with Crippen LogP contribution in [0.3, 0.4) is 0 Å². The number of anilines is 1. The van der Waals surface area contributed by atoms with Crippen molar-refractivity contribution in [3.63, 3.8) is 0 Å². The van der Waals surface area contributed by atoms with Gasteiger partial charge in [0.15, 0.2) is 0 Å². The average molecular weight is 485 g/mol. The summed E-state index contributed by atoms with van der Waals surface area (Å²) in [7, 11) is 1.31. The van der Waals surface area contributed by atoms with Gasteiger partial charge in [-0.25, -0.2) is 4.98 Å². The Morgan fingerprint density at radius 3 is 2.46 bits per heavy atom. The smallest absolute Gasteiger partial charge is 0.411 e. The van der Waals surface area contributed by atoms with Gasteiger partial charge in [0, 0.05) is 24.1 Å². The number of amides is 1. The molecule has 0 bridgehead atoms. The minimum atomic E-state index is -4.42. The van der Waals surface area contributed by atoms with Crippen LogP contribution in [-0.2, 0) is 19.1 Å². The van der Waals surface area contributed by atoms with Crippen molar-refractivity contribution in [1.29, 1.82) is 0 Å². The molecule has 0 spiro atoms. The lowest BCUT2D eigenvalue weighted by atomic mass is 10.0. The molecule has 1 aliphatic heterocycles. The van der Waals surface area contributed by atoms with Crippen LogP contribution in [0, 0.1) is 20.4 Å². The van der Waals surface area contributed by atoms with E-state index in [9.17, 15) is 22.8 Å². The first-order valence-electron chi connectivity index (χ1n) is 10.9. The molecular weight excluding hydrogens is 461 g/mol. The molecular formula is C25H24F3N4O3-. The van der Waals surface area contributed by atoms with Crippen molar-refractivity contribution in [3.8, 4) is 0 Å². The van der Waals surface area contributed by atoms with Crippen molar-refractivity contribution >= 4 is 11.9 Å². The number of hydrogen-bond donors (Lipinski definition) is 1. The lowest BCUT2D eigenvalue weighted by molar-refractivity contribution is -0.137. The first kappa shape index (κ1) is 24.2. The summed E-state index contributed by atoms with van der Waals surface area (Å²) in [5.41, 5.74) is 2.79. The molecule has 0 saturated carbocycles. The third-order valence-corrected chi connectivity index (χ3v) is 6.02. The molecule has 1 amide bonds. The minimum absolute atomic E-state index is 0.0880. The van der Waals surface area contributed by atoms with Crippen LogP contribution in [0.1, 0.15) is 43.9 Å². The van der Waals surface area contributed by atoms with E-state index in [1.165, 1.54) is 25.8 Å². The van der Waals surface area contributed by atoms with Crippen LogP contribution < -0.4 is 15.7 Å². The number of aryl methyl sites for hydroxylation is 2. The highest BCUT2D eigenvalue weighted by Crippen LogP contribution is 2.29. The molecule has 7 nitrogen and oxygen atoms in total. The number of rotatable bonds is 5. The highest BCUT2D eigenvalue weighted by atomic mass is 19.4. The van der Waals surface area contributed by atoms with Crippen LogP contribution in [0.25, 0.3) is 0 Å². The Bertz CT molecular complexity index is 1320. The summed E-state index contributed by atoms with van der Waals surface area (Å²) in [5, 5.41) is 2.84. The zero-order valence-electron chi connectivity index (χ0n) is 19.4. The molecule has 1 N–H and O–H groups in total. The molecule has 0 unspecified atom stereocenters. The first-order chi connectivity index (χ1) is 16.6. The molecule has 3 aromatic rings. The molecule has 0 atom stereocenters. The second-order valence-electron chi connectivity index (χ2n) is 8.33. The standard InChI is InChI=1S/C25H24F3N4O3/c1-15-4-7-18(12-16(15)2)22(33)31-11-10-21-20(14-31)23(34)32(35-3)24(30-21)29-13-17-5-8-19(9-6-17)25(26,27)28/h4-9,12-13H,10-11,14H2,1-3H3,(H,29,30)/q-1. The van der Waals surface area contributed by atoms with E-state index < -0.39 is 17.3 Å². The van der Waals surface area contributed by atoms with Crippen LogP contribution in [0.5, 0.6) is 0 Å².